The number of rotatable bonds is 7. The number of aromatic nitrogens is 2. The molecule has 0 saturated carbocycles. The number of hydrogen-bond acceptors (Lipinski definition) is 4. The van der Waals surface area contributed by atoms with E-state index in [1.807, 2.05) is 6.92 Å². The Morgan fingerprint density at radius 1 is 1.65 bits per heavy atom. The lowest BCUT2D eigenvalue weighted by molar-refractivity contribution is 0.0695. The van der Waals surface area contributed by atoms with E-state index in [2.05, 4.69) is 10.4 Å². The predicted molar refractivity (Wildman–Crippen MR) is 62.8 cm³/mol. The smallest absolute Gasteiger partial charge is 0.339 e. The fourth-order valence-corrected chi connectivity index (χ4v) is 1.53. The SMILES string of the molecule is CCC(O)CCNCc1c(C(=O)O)cnn1C. The first-order chi connectivity index (χ1) is 8.06. The minimum absolute atomic E-state index is 0.219. The third-order valence-corrected chi connectivity index (χ3v) is 2.71. The number of aliphatic hydroxyl groups excluding tert-OH is 1. The van der Waals surface area contributed by atoms with Crippen molar-refractivity contribution in [2.45, 2.75) is 32.4 Å². The molecule has 1 aromatic heterocycles. The molecule has 0 aliphatic rings. The normalized spacial score (nSPS) is 12.6. The largest absolute Gasteiger partial charge is 0.478 e. The average Bonchev–Trinajstić information content (AvgIpc) is 2.66. The number of carbonyl (C=O) groups is 1. The lowest BCUT2D eigenvalue weighted by atomic mass is 10.2. The summed E-state index contributed by atoms with van der Waals surface area (Å²) in [6, 6.07) is 0. The van der Waals surface area contributed by atoms with E-state index in [4.69, 9.17) is 5.11 Å². The van der Waals surface area contributed by atoms with Crippen molar-refractivity contribution >= 4 is 5.97 Å². The van der Waals surface area contributed by atoms with Gasteiger partial charge in [-0.2, -0.15) is 5.10 Å². The minimum Gasteiger partial charge on any atom is -0.478 e. The molecule has 6 heteroatoms. The summed E-state index contributed by atoms with van der Waals surface area (Å²) in [5.74, 6) is -0.969. The number of hydrogen-bond donors (Lipinski definition) is 3. The molecule has 0 amide bonds. The maximum absolute atomic E-state index is 10.9. The standard InChI is InChI=1S/C11H19N3O3/c1-3-8(15)4-5-12-7-10-9(11(16)17)6-13-14(10)2/h6,8,12,15H,3-5,7H2,1-2H3,(H,16,17). The van der Waals surface area contributed by atoms with Gasteiger partial charge in [-0.1, -0.05) is 6.92 Å². The second kappa shape index (κ2) is 6.36. The first-order valence-electron chi connectivity index (χ1n) is 5.69. The quantitative estimate of drug-likeness (QED) is 0.600. The lowest BCUT2D eigenvalue weighted by Crippen LogP contribution is -2.22. The van der Waals surface area contributed by atoms with Crippen molar-refractivity contribution in [2.24, 2.45) is 7.05 Å². The van der Waals surface area contributed by atoms with Crippen LogP contribution in [-0.2, 0) is 13.6 Å². The van der Waals surface area contributed by atoms with Crippen molar-refractivity contribution in [3.63, 3.8) is 0 Å². The fourth-order valence-electron chi connectivity index (χ4n) is 1.53. The van der Waals surface area contributed by atoms with E-state index >= 15 is 0 Å². The number of nitrogens with one attached hydrogen (secondary N) is 1. The fraction of sp³-hybridized carbons (Fsp3) is 0.636. The predicted octanol–water partition coefficient (Wildman–Crippen LogP) is 0.369. The topological polar surface area (TPSA) is 87.4 Å². The van der Waals surface area contributed by atoms with Gasteiger partial charge in [0, 0.05) is 13.6 Å². The molecule has 0 spiro atoms. The molecule has 0 aliphatic heterocycles. The average molecular weight is 241 g/mol. The van der Waals surface area contributed by atoms with E-state index in [-0.39, 0.29) is 11.7 Å². The van der Waals surface area contributed by atoms with Gasteiger partial charge in [-0.3, -0.25) is 4.68 Å². The van der Waals surface area contributed by atoms with E-state index in [1.165, 1.54) is 6.20 Å². The Kier molecular flexibility index (Phi) is 5.11. The highest BCUT2D eigenvalue weighted by Gasteiger charge is 2.14. The zero-order valence-electron chi connectivity index (χ0n) is 10.2. The Morgan fingerprint density at radius 3 is 2.94 bits per heavy atom. The van der Waals surface area contributed by atoms with Crippen LogP contribution in [-0.4, -0.2) is 38.6 Å². The summed E-state index contributed by atoms with van der Waals surface area (Å²) in [5, 5.41) is 25.3. The first-order valence-corrected chi connectivity index (χ1v) is 5.69. The van der Waals surface area contributed by atoms with Gasteiger partial charge in [0.1, 0.15) is 5.56 Å². The summed E-state index contributed by atoms with van der Waals surface area (Å²) < 4.78 is 1.55. The van der Waals surface area contributed by atoms with Crippen molar-refractivity contribution in [1.82, 2.24) is 15.1 Å². The van der Waals surface area contributed by atoms with Crippen LogP contribution in [0.1, 0.15) is 35.8 Å². The third-order valence-electron chi connectivity index (χ3n) is 2.71. The van der Waals surface area contributed by atoms with Crippen LogP contribution in [0.2, 0.25) is 0 Å². The molecule has 1 atom stereocenters. The Labute approximate surface area is 100 Å². The van der Waals surface area contributed by atoms with Crippen LogP contribution >= 0.6 is 0 Å². The van der Waals surface area contributed by atoms with Crippen LogP contribution in [0.25, 0.3) is 0 Å². The summed E-state index contributed by atoms with van der Waals surface area (Å²) in [7, 11) is 1.71. The van der Waals surface area contributed by atoms with Crippen LogP contribution in [0.3, 0.4) is 0 Å². The number of aliphatic hydroxyl groups is 1. The Hall–Kier alpha value is -1.40. The molecule has 0 bridgehead atoms. The van der Waals surface area contributed by atoms with Crippen LogP contribution in [0.5, 0.6) is 0 Å². The third kappa shape index (κ3) is 3.83. The van der Waals surface area contributed by atoms with Gasteiger partial charge in [-0.25, -0.2) is 4.79 Å². The highest BCUT2D eigenvalue weighted by Crippen LogP contribution is 2.07. The highest BCUT2D eigenvalue weighted by molar-refractivity contribution is 5.88. The second-order valence-electron chi connectivity index (χ2n) is 3.96. The van der Waals surface area contributed by atoms with Crippen LogP contribution in [0, 0.1) is 0 Å². The Bertz CT molecular complexity index is 376. The van der Waals surface area contributed by atoms with Gasteiger partial charge >= 0.3 is 5.97 Å². The summed E-state index contributed by atoms with van der Waals surface area (Å²) in [5.41, 5.74) is 0.861. The zero-order chi connectivity index (χ0) is 12.8. The summed E-state index contributed by atoms with van der Waals surface area (Å²) in [4.78, 5) is 10.9. The van der Waals surface area contributed by atoms with Crippen LogP contribution in [0.4, 0.5) is 0 Å². The molecular formula is C11H19N3O3. The van der Waals surface area contributed by atoms with Gasteiger partial charge in [-0.15, -0.1) is 0 Å². The van der Waals surface area contributed by atoms with Gasteiger partial charge in [0.05, 0.1) is 18.0 Å². The molecule has 0 radical (unpaired) electrons. The van der Waals surface area contributed by atoms with Crippen molar-refractivity contribution in [1.29, 1.82) is 0 Å². The van der Waals surface area contributed by atoms with E-state index in [9.17, 15) is 9.90 Å². The highest BCUT2D eigenvalue weighted by atomic mass is 16.4. The summed E-state index contributed by atoms with van der Waals surface area (Å²) in [6.07, 6.45) is 2.44. The van der Waals surface area contributed by atoms with E-state index in [0.717, 1.165) is 6.42 Å². The second-order valence-corrected chi connectivity index (χ2v) is 3.96. The number of aromatic carboxylic acids is 1. The first kappa shape index (κ1) is 13.7. The van der Waals surface area contributed by atoms with E-state index in [0.29, 0.717) is 25.2 Å². The van der Waals surface area contributed by atoms with Crippen LogP contribution < -0.4 is 5.32 Å². The minimum atomic E-state index is -0.969. The Balaban J connectivity index is 2.46. The molecule has 6 nitrogen and oxygen atoms in total. The van der Waals surface area contributed by atoms with Gasteiger partial charge in [0.2, 0.25) is 0 Å². The maximum atomic E-state index is 10.9. The molecular weight excluding hydrogens is 222 g/mol. The van der Waals surface area contributed by atoms with Crippen LogP contribution in [0.15, 0.2) is 6.20 Å². The van der Waals surface area contributed by atoms with Gasteiger partial charge < -0.3 is 15.5 Å². The summed E-state index contributed by atoms with van der Waals surface area (Å²) in [6.45, 7) is 3.02. The van der Waals surface area contributed by atoms with Crippen molar-refractivity contribution in [3.05, 3.63) is 17.5 Å². The van der Waals surface area contributed by atoms with E-state index in [1.54, 1.807) is 11.7 Å². The molecule has 1 aromatic rings. The monoisotopic (exact) mass is 241 g/mol. The number of aryl methyl sites for hydroxylation is 1. The van der Waals surface area contributed by atoms with Gasteiger partial charge in [0.15, 0.2) is 0 Å². The van der Waals surface area contributed by atoms with Gasteiger partial charge in [-0.05, 0) is 19.4 Å². The lowest BCUT2D eigenvalue weighted by Gasteiger charge is -2.09. The molecule has 1 rings (SSSR count). The molecule has 1 heterocycles. The number of carboxylic acid groups (broad SMARTS) is 1. The van der Waals surface area contributed by atoms with Crippen molar-refractivity contribution in [2.75, 3.05) is 6.54 Å². The maximum Gasteiger partial charge on any atom is 0.339 e. The molecule has 3 N–H and O–H groups in total. The molecule has 0 fully saturated rings. The Morgan fingerprint density at radius 2 is 2.35 bits per heavy atom. The number of nitrogens with zero attached hydrogens (tertiary/aromatic N) is 2. The molecule has 0 aromatic carbocycles. The molecule has 0 aliphatic carbocycles. The van der Waals surface area contributed by atoms with Gasteiger partial charge in [0.25, 0.3) is 0 Å². The number of carboxylic acids is 1. The molecule has 0 saturated heterocycles. The summed E-state index contributed by atoms with van der Waals surface area (Å²) >= 11 is 0. The van der Waals surface area contributed by atoms with Crippen molar-refractivity contribution in [3.8, 4) is 0 Å². The van der Waals surface area contributed by atoms with Crippen molar-refractivity contribution < 1.29 is 15.0 Å². The zero-order valence-corrected chi connectivity index (χ0v) is 10.2. The molecule has 1 unspecified atom stereocenters. The molecule has 17 heavy (non-hydrogen) atoms. The van der Waals surface area contributed by atoms with E-state index < -0.39 is 5.97 Å². The molecule has 96 valence electrons.